The molecular weight excluding hydrogens is 318 g/mol. The summed E-state index contributed by atoms with van der Waals surface area (Å²) in [5.74, 6) is 0.948. The highest BCUT2D eigenvalue weighted by Gasteiger charge is 2.17. The zero-order valence-electron chi connectivity index (χ0n) is 13.4. The SMILES string of the molecule is Cn1nc(CCN[C@@H](c2ncc[nH]2)c2cccs2)c2ccccc21. The zero-order chi connectivity index (χ0) is 16.4. The highest BCUT2D eigenvalue weighted by molar-refractivity contribution is 7.10. The number of thiophene rings is 1. The Bertz CT molecular complexity index is 874. The molecule has 0 unspecified atom stereocenters. The van der Waals surface area contributed by atoms with Crippen molar-refractivity contribution in [1.29, 1.82) is 0 Å². The van der Waals surface area contributed by atoms with Crippen LogP contribution in [-0.4, -0.2) is 26.3 Å². The van der Waals surface area contributed by atoms with Crippen molar-refractivity contribution in [2.75, 3.05) is 6.54 Å². The minimum atomic E-state index is 0.0926. The molecule has 4 rings (SSSR count). The fourth-order valence-electron chi connectivity index (χ4n) is 3.03. The van der Waals surface area contributed by atoms with Crippen molar-refractivity contribution in [2.24, 2.45) is 7.05 Å². The predicted octanol–water partition coefficient (Wildman–Crippen LogP) is 3.28. The maximum atomic E-state index is 4.67. The highest BCUT2D eigenvalue weighted by Crippen LogP contribution is 2.24. The number of rotatable bonds is 6. The van der Waals surface area contributed by atoms with Crippen LogP contribution in [0.1, 0.15) is 22.4 Å². The first-order valence-corrected chi connectivity index (χ1v) is 8.87. The van der Waals surface area contributed by atoms with E-state index in [0.29, 0.717) is 0 Å². The van der Waals surface area contributed by atoms with Crippen molar-refractivity contribution in [2.45, 2.75) is 12.5 Å². The fourth-order valence-corrected chi connectivity index (χ4v) is 3.83. The van der Waals surface area contributed by atoms with E-state index in [1.807, 2.05) is 17.9 Å². The zero-order valence-corrected chi connectivity index (χ0v) is 14.3. The van der Waals surface area contributed by atoms with E-state index in [1.165, 1.54) is 15.8 Å². The number of benzene rings is 1. The van der Waals surface area contributed by atoms with Crippen molar-refractivity contribution in [1.82, 2.24) is 25.1 Å². The summed E-state index contributed by atoms with van der Waals surface area (Å²) in [5.41, 5.74) is 2.30. The van der Waals surface area contributed by atoms with Gasteiger partial charge in [0.15, 0.2) is 0 Å². The molecule has 0 amide bonds. The molecule has 0 bridgehead atoms. The maximum absolute atomic E-state index is 4.67. The molecule has 0 radical (unpaired) electrons. The summed E-state index contributed by atoms with van der Waals surface area (Å²) >= 11 is 1.74. The van der Waals surface area contributed by atoms with Crippen LogP contribution in [0.2, 0.25) is 0 Å². The minimum Gasteiger partial charge on any atom is -0.347 e. The molecule has 0 aliphatic rings. The molecule has 0 spiro atoms. The van der Waals surface area contributed by atoms with E-state index in [4.69, 9.17) is 0 Å². The summed E-state index contributed by atoms with van der Waals surface area (Å²) in [6.07, 6.45) is 4.54. The fraction of sp³-hybridized carbons (Fsp3) is 0.222. The summed E-state index contributed by atoms with van der Waals surface area (Å²) in [4.78, 5) is 8.90. The van der Waals surface area contributed by atoms with Gasteiger partial charge in [0.25, 0.3) is 0 Å². The number of aryl methyl sites for hydroxylation is 1. The molecular formula is C18H19N5S. The quantitative estimate of drug-likeness (QED) is 0.568. The second kappa shape index (κ2) is 6.59. The van der Waals surface area contributed by atoms with Gasteiger partial charge in [-0.1, -0.05) is 24.3 Å². The normalized spacial score (nSPS) is 12.7. The molecule has 1 atom stereocenters. The summed E-state index contributed by atoms with van der Waals surface area (Å²) in [6.45, 7) is 0.838. The van der Waals surface area contributed by atoms with Crippen LogP contribution in [0.25, 0.3) is 10.9 Å². The van der Waals surface area contributed by atoms with E-state index in [2.05, 4.69) is 62.2 Å². The van der Waals surface area contributed by atoms with Crippen LogP contribution in [0.15, 0.2) is 54.2 Å². The molecule has 3 aromatic heterocycles. The Morgan fingerprint density at radius 1 is 1.25 bits per heavy atom. The molecule has 3 heterocycles. The minimum absolute atomic E-state index is 0.0926. The average molecular weight is 337 g/mol. The average Bonchev–Trinajstić information content (AvgIpc) is 3.35. The van der Waals surface area contributed by atoms with Crippen molar-refractivity contribution < 1.29 is 0 Å². The van der Waals surface area contributed by atoms with Gasteiger partial charge in [-0.25, -0.2) is 4.98 Å². The van der Waals surface area contributed by atoms with Gasteiger partial charge in [0, 0.05) is 42.7 Å². The molecule has 1 aromatic carbocycles. The lowest BCUT2D eigenvalue weighted by Crippen LogP contribution is -2.25. The van der Waals surface area contributed by atoms with Crippen molar-refractivity contribution in [3.63, 3.8) is 0 Å². The Labute approximate surface area is 144 Å². The number of nitrogens with one attached hydrogen (secondary N) is 2. The van der Waals surface area contributed by atoms with Gasteiger partial charge in [-0.15, -0.1) is 11.3 Å². The third kappa shape index (κ3) is 2.86. The third-order valence-electron chi connectivity index (χ3n) is 4.17. The summed E-state index contributed by atoms with van der Waals surface area (Å²) in [6, 6.07) is 12.7. The standard InChI is InChI=1S/C18H19N5S/c1-23-15-6-3-2-5-13(15)14(22-23)8-9-19-17(16-7-4-12-24-16)18-20-10-11-21-18/h2-7,10-12,17,19H,8-9H2,1H3,(H,20,21)/t17-/m1/s1. The Morgan fingerprint density at radius 2 is 2.17 bits per heavy atom. The largest absolute Gasteiger partial charge is 0.347 e. The Morgan fingerprint density at radius 3 is 2.96 bits per heavy atom. The second-order valence-electron chi connectivity index (χ2n) is 5.71. The van der Waals surface area contributed by atoms with Gasteiger partial charge < -0.3 is 10.3 Å². The predicted molar refractivity (Wildman–Crippen MR) is 97.2 cm³/mol. The molecule has 0 aliphatic carbocycles. The molecule has 0 saturated heterocycles. The van der Waals surface area contributed by atoms with Crippen LogP contribution < -0.4 is 5.32 Å². The van der Waals surface area contributed by atoms with Gasteiger partial charge in [-0.2, -0.15) is 5.10 Å². The lowest BCUT2D eigenvalue weighted by atomic mass is 10.1. The summed E-state index contributed by atoms with van der Waals surface area (Å²) < 4.78 is 1.95. The Hall–Kier alpha value is -2.44. The first-order valence-electron chi connectivity index (χ1n) is 7.99. The second-order valence-corrected chi connectivity index (χ2v) is 6.69. The van der Waals surface area contributed by atoms with Crippen molar-refractivity contribution in [3.8, 4) is 0 Å². The summed E-state index contributed by atoms with van der Waals surface area (Å²) in [5, 5.41) is 11.6. The number of hydrogen-bond acceptors (Lipinski definition) is 4. The maximum Gasteiger partial charge on any atom is 0.128 e. The van der Waals surface area contributed by atoms with Gasteiger partial charge in [0.05, 0.1) is 11.2 Å². The lowest BCUT2D eigenvalue weighted by molar-refractivity contribution is 0.585. The number of fused-ring (bicyclic) bond motifs is 1. The number of aromatic amines is 1. The molecule has 122 valence electrons. The van der Waals surface area contributed by atoms with Gasteiger partial charge in [0.1, 0.15) is 11.9 Å². The van der Waals surface area contributed by atoms with Crippen molar-refractivity contribution in [3.05, 3.63) is 70.6 Å². The molecule has 2 N–H and O–H groups in total. The van der Waals surface area contributed by atoms with E-state index in [0.717, 1.165) is 24.5 Å². The number of hydrogen-bond donors (Lipinski definition) is 2. The molecule has 4 aromatic rings. The van der Waals surface area contributed by atoms with E-state index >= 15 is 0 Å². The molecule has 24 heavy (non-hydrogen) atoms. The monoisotopic (exact) mass is 337 g/mol. The van der Waals surface area contributed by atoms with Crippen LogP contribution in [-0.2, 0) is 13.5 Å². The van der Waals surface area contributed by atoms with Gasteiger partial charge in [0.2, 0.25) is 0 Å². The summed E-state index contributed by atoms with van der Waals surface area (Å²) in [7, 11) is 2.00. The highest BCUT2D eigenvalue weighted by atomic mass is 32.1. The van der Waals surface area contributed by atoms with Crippen LogP contribution in [0.4, 0.5) is 0 Å². The topological polar surface area (TPSA) is 58.5 Å². The van der Waals surface area contributed by atoms with Crippen LogP contribution in [0.5, 0.6) is 0 Å². The molecule has 0 saturated carbocycles. The number of imidazole rings is 1. The number of nitrogens with zero attached hydrogens (tertiary/aromatic N) is 3. The number of para-hydroxylation sites is 1. The van der Waals surface area contributed by atoms with E-state index in [-0.39, 0.29) is 6.04 Å². The molecule has 6 heteroatoms. The van der Waals surface area contributed by atoms with Crippen LogP contribution >= 0.6 is 11.3 Å². The van der Waals surface area contributed by atoms with Crippen LogP contribution in [0, 0.1) is 0 Å². The van der Waals surface area contributed by atoms with E-state index < -0.39 is 0 Å². The Kier molecular flexibility index (Phi) is 4.15. The molecule has 0 aliphatic heterocycles. The number of H-pyrrole nitrogens is 1. The van der Waals surface area contributed by atoms with Gasteiger partial charge in [-0.05, 0) is 17.5 Å². The van der Waals surface area contributed by atoms with Gasteiger partial charge in [-0.3, -0.25) is 4.68 Å². The first kappa shape index (κ1) is 15.1. The van der Waals surface area contributed by atoms with Crippen molar-refractivity contribution >= 4 is 22.2 Å². The molecule has 0 fully saturated rings. The van der Waals surface area contributed by atoms with E-state index in [1.54, 1.807) is 17.5 Å². The molecule has 5 nitrogen and oxygen atoms in total. The Balaban J connectivity index is 1.51. The van der Waals surface area contributed by atoms with Gasteiger partial charge >= 0.3 is 0 Å². The first-order chi connectivity index (χ1) is 11.8. The third-order valence-corrected chi connectivity index (χ3v) is 5.10. The van der Waals surface area contributed by atoms with E-state index in [9.17, 15) is 0 Å². The number of aromatic nitrogens is 4. The smallest absolute Gasteiger partial charge is 0.128 e. The van der Waals surface area contributed by atoms with Crippen LogP contribution in [0.3, 0.4) is 0 Å². The lowest BCUT2D eigenvalue weighted by Gasteiger charge is -2.15.